The van der Waals surface area contributed by atoms with Gasteiger partial charge in [0.05, 0.1) is 16.2 Å². The van der Waals surface area contributed by atoms with Crippen LogP contribution in [-0.4, -0.2) is 17.0 Å². The molecule has 0 bridgehead atoms. The van der Waals surface area contributed by atoms with E-state index in [9.17, 15) is 9.59 Å². The molecule has 1 fully saturated rings. The Balaban J connectivity index is 1.90. The Labute approximate surface area is 157 Å². The first-order valence-electron chi connectivity index (χ1n) is 7.07. The van der Waals surface area contributed by atoms with Gasteiger partial charge in [0.25, 0.3) is 11.8 Å². The molecule has 8 heteroatoms. The molecule has 1 aliphatic rings. The molecular weight excluding hydrogens is 381 g/mol. The Morgan fingerprint density at radius 1 is 1.20 bits per heavy atom. The number of para-hydroxylation sites is 1. The first-order chi connectivity index (χ1) is 11.9. The van der Waals surface area contributed by atoms with Gasteiger partial charge in [0.1, 0.15) is 0 Å². The summed E-state index contributed by atoms with van der Waals surface area (Å²) in [6.07, 6.45) is 1.65. The third-order valence-electron chi connectivity index (χ3n) is 3.29. The second kappa shape index (κ2) is 7.31. The Morgan fingerprint density at radius 3 is 2.68 bits per heavy atom. The van der Waals surface area contributed by atoms with Crippen molar-refractivity contribution in [1.82, 2.24) is 5.32 Å². The number of amides is 2. The van der Waals surface area contributed by atoms with E-state index in [1.54, 1.807) is 48.5 Å². The number of halogens is 2. The minimum Gasteiger partial charge on any atom is -0.366 e. The zero-order valence-electron chi connectivity index (χ0n) is 12.6. The molecule has 0 spiro atoms. The second-order valence-corrected chi connectivity index (χ2v) is 6.90. The maximum Gasteiger partial charge on any atom is 0.264 e. The van der Waals surface area contributed by atoms with Crippen molar-refractivity contribution in [3.8, 4) is 0 Å². The number of nitrogens with zero attached hydrogens (tertiary/aromatic N) is 1. The van der Waals surface area contributed by atoms with E-state index >= 15 is 0 Å². The molecule has 0 aliphatic carbocycles. The average molecular weight is 392 g/mol. The zero-order valence-corrected chi connectivity index (χ0v) is 15.0. The van der Waals surface area contributed by atoms with Gasteiger partial charge in [-0.2, -0.15) is 0 Å². The van der Waals surface area contributed by atoms with E-state index < -0.39 is 5.91 Å². The fourth-order valence-corrected chi connectivity index (χ4v) is 3.42. The number of carbonyl (C=O) groups is 2. The van der Waals surface area contributed by atoms with Crippen LogP contribution in [0.5, 0.6) is 0 Å². The first-order valence-corrected chi connectivity index (χ1v) is 8.65. The van der Waals surface area contributed by atoms with Gasteiger partial charge in [0, 0.05) is 10.0 Å². The fourth-order valence-electron chi connectivity index (χ4n) is 2.13. The Morgan fingerprint density at radius 2 is 1.96 bits per heavy atom. The highest BCUT2D eigenvalue weighted by molar-refractivity contribution is 8.18. The van der Waals surface area contributed by atoms with Crippen LogP contribution >= 0.6 is 35.0 Å². The van der Waals surface area contributed by atoms with Gasteiger partial charge in [-0.15, -0.1) is 0 Å². The lowest BCUT2D eigenvalue weighted by Crippen LogP contribution is -2.19. The lowest BCUT2D eigenvalue weighted by molar-refractivity contribution is -0.115. The summed E-state index contributed by atoms with van der Waals surface area (Å²) in [6.45, 7) is 0. The fraction of sp³-hybridized carbons (Fsp3) is 0. The standard InChI is InChI=1S/C17H11Cl2N3O2S/c18-10-6-5-9(12(19)8-10)7-14-16(24)22-17(25-14)21-13-4-2-1-3-11(13)15(20)23/h1-8H,(H2,20,23)(H,21,22,24)/b14-7-. The minimum absolute atomic E-state index is 0.281. The molecule has 5 nitrogen and oxygen atoms in total. The number of amidine groups is 1. The predicted molar refractivity (Wildman–Crippen MR) is 102 cm³/mol. The smallest absolute Gasteiger partial charge is 0.264 e. The number of aliphatic imine (C=N–C) groups is 1. The van der Waals surface area contributed by atoms with Crippen molar-refractivity contribution in [3.63, 3.8) is 0 Å². The number of nitrogens with one attached hydrogen (secondary N) is 1. The van der Waals surface area contributed by atoms with Crippen molar-refractivity contribution < 1.29 is 9.59 Å². The number of primary amides is 1. The maximum atomic E-state index is 12.1. The SMILES string of the molecule is NC(=O)c1ccccc1N=C1NC(=O)/C(=C/c2ccc(Cl)cc2Cl)S1. The number of hydrogen-bond acceptors (Lipinski definition) is 4. The Kier molecular flexibility index (Phi) is 5.13. The van der Waals surface area contributed by atoms with Crippen molar-refractivity contribution in [3.05, 3.63) is 68.5 Å². The van der Waals surface area contributed by atoms with Gasteiger partial charge >= 0.3 is 0 Å². The second-order valence-electron chi connectivity index (χ2n) is 5.03. The average Bonchev–Trinajstić information content (AvgIpc) is 2.90. The molecule has 1 heterocycles. The number of hydrogen-bond donors (Lipinski definition) is 2. The van der Waals surface area contributed by atoms with Gasteiger partial charge in [-0.1, -0.05) is 41.4 Å². The van der Waals surface area contributed by atoms with Crippen LogP contribution in [0, 0.1) is 0 Å². The molecule has 3 N–H and O–H groups in total. The molecule has 1 aliphatic heterocycles. The van der Waals surface area contributed by atoms with E-state index in [0.717, 1.165) is 11.8 Å². The maximum absolute atomic E-state index is 12.1. The molecular formula is C17H11Cl2N3O2S. The van der Waals surface area contributed by atoms with E-state index in [-0.39, 0.29) is 11.5 Å². The number of carbonyl (C=O) groups excluding carboxylic acids is 2. The molecule has 1 saturated heterocycles. The van der Waals surface area contributed by atoms with Crippen LogP contribution in [0.1, 0.15) is 15.9 Å². The zero-order chi connectivity index (χ0) is 18.0. The van der Waals surface area contributed by atoms with Gasteiger partial charge < -0.3 is 11.1 Å². The third kappa shape index (κ3) is 4.04. The normalized spacial score (nSPS) is 17.1. The summed E-state index contributed by atoms with van der Waals surface area (Å²) in [4.78, 5) is 28.3. The molecule has 3 rings (SSSR count). The monoisotopic (exact) mass is 391 g/mol. The summed E-state index contributed by atoms with van der Waals surface area (Å²) in [5.41, 5.74) is 6.68. The van der Waals surface area contributed by atoms with Crippen molar-refractivity contribution in [1.29, 1.82) is 0 Å². The number of thioether (sulfide) groups is 1. The molecule has 2 amide bonds. The molecule has 0 atom stereocenters. The van der Waals surface area contributed by atoms with Gasteiger partial charge in [0.15, 0.2) is 5.17 Å². The number of benzene rings is 2. The van der Waals surface area contributed by atoms with Crippen LogP contribution in [0.25, 0.3) is 6.08 Å². The summed E-state index contributed by atoms with van der Waals surface area (Å²) in [7, 11) is 0. The van der Waals surface area contributed by atoms with Crippen molar-refractivity contribution in [2.45, 2.75) is 0 Å². The lowest BCUT2D eigenvalue weighted by Gasteiger charge is -2.01. The Hall–Kier alpha value is -2.28. The molecule has 126 valence electrons. The van der Waals surface area contributed by atoms with Gasteiger partial charge in [-0.25, -0.2) is 4.99 Å². The lowest BCUT2D eigenvalue weighted by atomic mass is 10.2. The van der Waals surface area contributed by atoms with E-state index in [2.05, 4.69) is 10.3 Å². The molecule has 0 saturated carbocycles. The van der Waals surface area contributed by atoms with E-state index in [1.807, 2.05) is 0 Å². The van der Waals surface area contributed by atoms with Crippen molar-refractivity contribution >= 4 is 63.7 Å². The van der Waals surface area contributed by atoms with Crippen LogP contribution < -0.4 is 11.1 Å². The molecule has 0 aromatic heterocycles. The summed E-state index contributed by atoms with van der Waals surface area (Å²) in [5, 5.41) is 3.97. The summed E-state index contributed by atoms with van der Waals surface area (Å²) < 4.78 is 0. The van der Waals surface area contributed by atoms with Gasteiger partial charge in [0.2, 0.25) is 0 Å². The van der Waals surface area contributed by atoms with E-state index in [1.165, 1.54) is 0 Å². The largest absolute Gasteiger partial charge is 0.366 e. The van der Waals surface area contributed by atoms with Gasteiger partial charge in [-0.3, -0.25) is 9.59 Å². The van der Waals surface area contributed by atoms with Gasteiger partial charge in [-0.05, 0) is 47.7 Å². The van der Waals surface area contributed by atoms with Crippen molar-refractivity contribution in [2.24, 2.45) is 10.7 Å². The Bertz CT molecular complexity index is 941. The summed E-state index contributed by atoms with van der Waals surface area (Å²) in [5.74, 6) is -0.885. The van der Waals surface area contributed by atoms with Crippen LogP contribution in [0.3, 0.4) is 0 Å². The molecule has 0 unspecified atom stereocenters. The highest BCUT2D eigenvalue weighted by Gasteiger charge is 2.24. The van der Waals surface area contributed by atoms with Crippen molar-refractivity contribution in [2.75, 3.05) is 0 Å². The van der Waals surface area contributed by atoms with E-state index in [4.69, 9.17) is 28.9 Å². The summed E-state index contributed by atoms with van der Waals surface area (Å²) >= 11 is 13.1. The number of nitrogens with two attached hydrogens (primary N) is 1. The highest BCUT2D eigenvalue weighted by atomic mass is 35.5. The molecule has 2 aromatic rings. The molecule has 0 radical (unpaired) electrons. The van der Waals surface area contributed by atoms with Crippen LogP contribution in [-0.2, 0) is 4.79 Å². The molecule has 25 heavy (non-hydrogen) atoms. The van der Waals surface area contributed by atoms with E-state index in [0.29, 0.717) is 31.4 Å². The highest BCUT2D eigenvalue weighted by Crippen LogP contribution is 2.31. The van der Waals surface area contributed by atoms with Crippen LogP contribution in [0.4, 0.5) is 5.69 Å². The minimum atomic E-state index is -0.585. The van der Waals surface area contributed by atoms with Crippen LogP contribution in [0.2, 0.25) is 10.0 Å². The predicted octanol–water partition coefficient (Wildman–Crippen LogP) is 3.98. The topological polar surface area (TPSA) is 84.6 Å². The quantitative estimate of drug-likeness (QED) is 0.775. The summed E-state index contributed by atoms with van der Waals surface area (Å²) in [6, 6.07) is 11.7. The molecule has 2 aromatic carbocycles. The number of rotatable bonds is 3. The third-order valence-corrected chi connectivity index (χ3v) is 4.76. The van der Waals surface area contributed by atoms with Crippen LogP contribution in [0.15, 0.2) is 52.4 Å². The first kappa shape index (κ1) is 17.5.